The predicted octanol–water partition coefficient (Wildman–Crippen LogP) is 5.83. The number of hydrogen-bond acceptors (Lipinski definition) is 4. The molecule has 154 valence electrons. The highest BCUT2D eigenvalue weighted by Crippen LogP contribution is 2.35. The summed E-state index contributed by atoms with van der Waals surface area (Å²) in [7, 11) is 1.60. The molecular formula is C25H26N2O3. The number of ether oxygens (including phenoxy) is 2. The van der Waals surface area contributed by atoms with E-state index in [-0.39, 0.29) is 11.3 Å². The van der Waals surface area contributed by atoms with E-state index in [0.29, 0.717) is 23.1 Å². The van der Waals surface area contributed by atoms with E-state index in [0.717, 1.165) is 11.1 Å². The zero-order chi connectivity index (χ0) is 21.6. The highest BCUT2D eigenvalue weighted by Gasteiger charge is 2.20. The van der Waals surface area contributed by atoms with Crippen molar-refractivity contribution < 1.29 is 14.3 Å². The quantitative estimate of drug-likeness (QED) is 0.527. The van der Waals surface area contributed by atoms with Gasteiger partial charge in [-0.05, 0) is 35.8 Å². The van der Waals surface area contributed by atoms with E-state index in [9.17, 15) is 4.79 Å². The maximum Gasteiger partial charge on any atom is 0.248 e. The molecule has 1 heterocycles. The van der Waals surface area contributed by atoms with E-state index in [1.165, 1.54) is 6.08 Å². The first-order chi connectivity index (χ1) is 14.4. The Kier molecular flexibility index (Phi) is 6.52. The zero-order valence-corrected chi connectivity index (χ0v) is 17.7. The molecule has 0 aliphatic heterocycles. The summed E-state index contributed by atoms with van der Waals surface area (Å²) in [5, 5.41) is 2.84. The number of anilines is 1. The maximum absolute atomic E-state index is 12.5. The van der Waals surface area contributed by atoms with Crippen LogP contribution in [0.25, 0.3) is 6.08 Å². The molecule has 0 fully saturated rings. The first-order valence-electron chi connectivity index (χ1n) is 9.73. The number of amides is 1. The number of para-hydroxylation sites is 2. The van der Waals surface area contributed by atoms with Gasteiger partial charge in [-0.15, -0.1) is 0 Å². The van der Waals surface area contributed by atoms with Crippen molar-refractivity contribution in [2.24, 2.45) is 0 Å². The van der Waals surface area contributed by atoms with E-state index < -0.39 is 0 Å². The van der Waals surface area contributed by atoms with Crippen LogP contribution in [0.4, 0.5) is 5.69 Å². The lowest BCUT2D eigenvalue weighted by Gasteiger charge is -2.22. The molecule has 30 heavy (non-hydrogen) atoms. The fourth-order valence-electron chi connectivity index (χ4n) is 2.99. The third kappa shape index (κ3) is 5.26. The number of carbonyl (C=O) groups excluding carboxylic acids is 1. The van der Waals surface area contributed by atoms with Crippen molar-refractivity contribution in [3.05, 3.63) is 84.1 Å². The first kappa shape index (κ1) is 21.1. The van der Waals surface area contributed by atoms with Crippen LogP contribution in [0.15, 0.2) is 72.9 Å². The normalized spacial score (nSPS) is 11.3. The molecule has 0 spiro atoms. The van der Waals surface area contributed by atoms with E-state index in [4.69, 9.17) is 9.47 Å². The Morgan fingerprint density at radius 3 is 2.40 bits per heavy atom. The molecule has 2 aromatic carbocycles. The largest absolute Gasteiger partial charge is 0.496 e. The molecule has 0 atom stereocenters. The summed E-state index contributed by atoms with van der Waals surface area (Å²) >= 11 is 0. The van der Waals surface area contributed by atoms with Crippen LogP contribution in [0.3, 0.4) is 0 Å². The van der Waals surface area contributed by atoms with Crippen molar-refractivity contribution in [1.82, 2.24) is 4.98 Å². The molecule has 0 radical (unpaired) electrons. The molecule has 1 aromatic heterocycles. The van der Waals surface area contributed by atoms with Crippen LogP contribution < -0.4 is 14.8 Å². The van der Waals surface area contributed by atoms with Crippen molar-refractivity contribution in [3.8, 4) is 17.4 Å². The summed E-state index contributed by atoms with van der Waals surface area (Å²) in [6, 6.07) is 18.8. The second kappa shape index (κ2) is 9.27. The van der Waals surface area contributed by atoms with Crippen LogP contribution in [0.5, 0.6) is 17.4 Å². The van der Waals surface area contributed by atoms with Crippen LogP contribution in [0.2, 0.25) is 0 Å². The number of nitrogens with zero attached hydrogens (tertiary/aromatic N) is 1. The molecule has 1 N–H and O–H groups in total. The summed E-state index contributed by atoms with van der Waals surface area (Å²) in [5.41, 5.74) is 2.28. The molecule has 0 saturated heterocycles. The maximum atomic E-state index is 12.5. The molecule has 0 saturated carbocycles. The lowest BCUT2D eigenvalue weighted by atomic mass is 9.86. The third-order valence-corrected chi connectivity index (χ3v) is 4.48. The SMILES string of the molecule is COc1ccccc1/C=C/C(=O)Nc1cccnc1Oc1ccccc1C(C)(C)C. The molecular weight excluding hydrogens is 376 g/mol. The summed E-state index contributed by atoms with van der Waals surface area (Å²) in [6.07, 6.45) is 4.80. The van der Waals surface area contributed by atoms with Crippen LogP contribution >= 0.6 is 0 Å². The summed E-state index contributed by atoms with van der Waals surface area (Å²) in [5.74, 6) is 1.46. The van der Waals surface area contributed by atoms with E-state index in [2.05, 4.69) is 31.1 Å². The average molecular weight is 402 g/mol. The van der Waals surface area contributed by atoms with Crippen LogP contribution in [0.1, 0.15) is 31.9 Å². The number of aromatic nitrogens is 1. The molecule has 3 rings (SSSR count). The monoisotopic (exact) mass is 402 g/mol. The lowest BCUT2D eigenvalue weighted by molar-refractivity contribution is -0.111. The highest BCUT2D eigenvalue weighted by atomic mass is 16.5. The Balaban J connectivity index is 1.80. The summed E-state index contributed by atoms with van der Waals surface area (Å²) in [4.78, 5) is 16.8. The first-order valence-corrected chi connectivity index (χ1v) is 9.73. The predicted molar refractivity (Wildman–Crippen MR) is 120 cm³/mol. The minimum absolute atomic E-state index is 0.0910. The smallest absolute Gasteiger partial charge is 0.248 e. The number of hydrogen-bond donors (Lipinski definition) is 1. The van der Waals surface area contributed by atoms with Crippen molar-refractivity contribution in [2.45, 2.75) is 26.2 Å². The van der Waals surface area contributed by atoms with Gasteiger partial charge in [-0.2, -0.15) is 0 Å². The fourth-order valence-corrected chi connectivity index (χ4v) is 2.99. The number of pyridine rings is 1. The number of benzene rings is 2. The summed E-state index contributed by atoms with van der Waals surface area (Å²) < 4.78 is 11.4. The van der Waals surface area contributed by atoms with Gasteiger partial charge >= 0.3 is 0 Å². The molecule has 5 nitrogen and oxygen atoms in total. The zero-order valence-electron chi connectivity index (χ0n) is 17.7. The Bertz CT molecular complexity index is 1050. The van der Waals surface area contributed by atoms with E-state index in [1.54, 1.807) is 31.5 Å². The van der Waals surface area contributed by atoms with Gasteiger partial charge in [-0.3, -0.25) is 4.79 Å². The highest BCUT2D eigenvalue weighted by molar-refractivity contribution is 6.02. The molecule has 5 heteroatoms. The fraction of sp³-hybridized carbons (Fsp3) is 0.200. The molecule has 0 bridgehead atoms. The van der Waals surface area contributed by atoms with Gasteiger partial charge in [-0.25, -0.2) is 4.98 Å². The van der Waals surface area contributed by atoms with Gasteiger partial charge in [0.25, 0.3) is 0 Å². The number of rotatable bonds is 6. The molecule has 0 unspecified atom stereocenters. The Morgan fingerprint density at radius 1 is 0.967 bits per heavy atom. The van der Waals surface area contributed by atoms with Crippen LogP contribution in [-0.2, 0) is 10.2 Å². The summed E-state index contributed by atoms with van der Waals surface area (Å²) in [6.45, 7) is 6.37. The minimum Gasteiger partial charge on any atom is -0.496 e. The number of carbonyl (C=O) groups is 1. The Morgan fingerprint density at radius 2 is 1.67 bits per heavy atom. The van der Waals surface area contributed by atoms with Crippen molar-refractivity contribution in [1.29, 1.82) is 0 Å². The Labute approximate surface area is 177 Å². The van der Waals surface area contributed by atoms with Gasteiger partial charge in [-0.1, -0.05) is 57.2 Å². The van der Waals surface area contributed by atoms with Gasteiger partial charge in [0, 0.05) is 23.4 Å². The molecule has 0 aliphatic carbocycles. The van der Waals surface area contributed by atoms with E-state index >= 15 is 0 Å². The number of methoxy groups -OCH3 is 1. The standard InChI is InChI=1S/C25H26N2O3/c1-25(2,3)19-11-6-8-14-22(19)30-24-20(12-9-17-26-24)27-23(28)16-15-18-10-5-7-13-21(18)29-4/h5-17H,1-4H3,(H,27,28)/b16-15+. The van der Waals surface area contributed by atoms with Gasteiger partial charge in [0.05, 0.1) is 7.11 Å². The molecule has 1 amide bonds. The van der Waals surface area contributed by atoms with E-state index in [1.807, 2.05) is 48.5 Å². The lowest BCUT2D eigenvalue weighted by Crippen LogP contribution is -2.13. The second-order valence-corrected chi connectivity index (χ2v) is 7.77. The average Bonchev–Trinajstić information content (AvgIpc) is 2.73. The van der Waals surface area contributed by atoms with Crippen LogP contribution in [0, 0.1) is 0 Å². The molecule has 0 aliphatic rings. The van der Waals surface area contributed by atoms with Crippen LogP contribution in [-0.4, -0.2) is 18.0 Å². The van der Waals surface area contributed by atoms with Crippen molar-refractivity contribution >= 4 is 17.7 Å². The Hall–Kier alpha value is -3.60. The van der Waals surface area contributed by atoms with Gasteiger partial charge in [0.15, 0.2) is 0 Å². The van der Waals surface area contributed by atoms with Crippen molar-refractivity contribution in [2.75, 3.05) is 12.4 Å². The van der Waals surface area contributed by atoms with Crippen molar-refractivity contribution in [3.63, 3.8) is 0 Å². The second-order valence-electron chi connectivity index (χ2n) is 7.77. The van der Waals surface area contributed by atoms with Gasteiger partial charge in [0.1, 0.15) is 17.2 Å². The molecule has 3 aromatic rings. The van der Waals surface area contributed by atoms with Gasteiger partial charge < -0.3 is 14.8 Å². The third-order valence-electron chi connectivity index (χ3n) is 4.48. The van der Waals surface area contributed by atoms with Gasteiger partial charge in [0.2, 0.25) is 11.8 Å². The number of nitrogens with one attached hydrogen (secondary N) is 1. The minimum atomic E-state index is -0.289. The topological polar surface area (TPSA) is 60.5 Å².